The summed E-state index contributed by atoms with van der Waals surface area (Å²) in [5, 5.41) is 10.1. The molecule has 0 radical (unpaired) electrons. The Labute approximate surface area is 137 Å². The zero-order valence-corrected chi connectivity index (χ0v) is 12.7. The van der Waals surface area contributed by atoms with Crippen molar-refractivity contribution in [2.24, 2.45) is 5.73 Å². The Balaban J connectivity index is 0.00000264. The van der Waals surface area contributed by atoms with Crippen LogP contribution in [-0.2, 0) is 12.6 Å². The number of aliphatic hydroxyl groups excluding tert-OH is 1. The average molecular weight is 350 g/mol. The van der Waals surface area contributed by atoms with Crippen molar-refractivity contribution in [1.29, 1.82) is 0 Å². The van der Waals surface area contributed by atoms with Crippen LogP contribution in [-0.4, -0.2) is 11.2 Å². The van der Waals surface area contributed by atoms with Gasteiger partial charge < -0.3 is 10.8 Å². The minimum Gasteiger partial charge on any atom is -0.391 e. The maximum atomic E-state index is 13.3. The summed E-state index contributed by atoms with van der Waals surface area (Å²) in [5.41, 5.74) is 4.99. The predicted octanol–water partition coefficient (Wildman–Crippen LogP) is 3.87. The first-order valence-electron chi connectivity index (χ1n) is 6.63. The smallest absolute Gasteiger partial charge is 0.391 e. The lowest BCUT2D eigenvalue weighted by Crippen LogP contribution is -2.30. The summed E-state index contributed by atoms with van der Waals surface area (Å²) in [7, 11) is 0. The molecule has 126 valence electrons. The molecule has 2 aromatic rings. The van der Waals surface area contributed by atoms with Crippen LogP contribution in [0.25, 0.3) is 0 Å². The van der Waals surface area contributed by atoms with Crippen LogP contribution in [0.2, 0.25) is 0 Å². The molecule has 2 nitrogen and oxygen atoms in total. The number of rotatable bonds is 4. The molecule has 2 rings (SSSR count). The molecule has 0 aliphatic rings. The van der Waals surface area contributed by atoms with E-state index in [1.165, 1.54) is 0 Å². The van der Waals surface area contributed by atoms with Crippen molar-refractivity contribution in [1.82, 2.24) is 0 Å². The molecule has 0 spiro atoms. The van der Waals surface area contributed by atoms with E-state index in [2.05, 4.69) is 0 Å². The molecule has 2 atom stereocenters. The Bertz CT molecular complexity index is 634. The summed E-state index contributed by atoms with van der Waals surface area (Å²) in [6.45, 7) is 0. The maximum Gasteiger partial charge on any atom is 0.416 e. The number of hydrogen-bond acceptors (Lipinski definition) is 2. The summed E-state index contributed by atoms with van der Waals surface area (Å²) >= 11 is 0. The van der Waals surface area contributed by atoms with Gasteiger partial charge in [0.1, 0.15) is 5.82 Å². The third-order valence-electron chi connectivity index (χ3n) is 3.38. The molecule has 3 N–H and O–H groups in total. The molecule has 7 heteroatoms. The third kappa shape index (κ3) is 4.92. The molecule has 2 aromatic carbocycles. The van der Waals surface area contributed by atoms with Crippen LogP contribution in [0.3, 0.4) is 0 Å². The first kappa shape index (κ1) is 19.4. The zero-order chi connectivity index (χ0) is 16.3. The topological polar surface area (TPSA) is 46.2 Å². The lowest BCUT2D eigenvalue weighted by molar-refractivity contribution is -0.138. The van der Waals surface area contributed by atoms with Crippen LogP contribution in [0.4, 0.5) is 17.6 Å². The fourth-order valence-corrected chi connectivity index (χ4v) is 2.26. The molecular weight excluding hydrogens is 334 g/mol. The van der Waals surface area contributed by atoms with Crippen molar-refractivity contribution in [3.8, 4) is 0 Å². The summed E-state index contributed by atoms with van der Waals surface area (Å²) in [6.07, 6.45) is -5.84. The fourth-order valence-electron chi connectivity index (χ4n) is 2.26. The number of hydrogen-bond donors (Lipinski definition) is 2. The van der Waals surface area contributed by atoms with E-state index in [1.807, 2.05) is 0 Å². The highest BCUT2D eigenvalue weighted by atomic mass is 35.5. The van der Waals surface area contributed by atoms with Gasteiger partial charge in [0, 0.05) is 6.42 Å². The van der Waals surface area contributed by atoms with Gasteiger partial charge in [-0.2, -0.15) is 13.2 Å². The lowest BCUT2D eigenvalue weighted by Gasteiger charge is -2.23. The average Bonchev–Trinajstić information content (AvgIpc) is 2.46. The molecule has 0 aromatic heterocycles. The monoisotopic (exact) mass is 349 g/mol. The maximum absolute atomic E-state index is 13.3. The Morgan fingerprint density at radius 2 is 1.65 bits per heavy atom. The van der Waals surface area contributed by atoms with E-state index in [4.69, 9.17) is 5.73 Å². The normalized spacial score (nSPS) is 14.0. The highest BCUT2D eigenvalue weighted by Crippen LogP contribution is 2.35. The van der Waals surface area contributed by atoms with Crippen LogP contribution >= 0.6 is 12.4 Å². The SMILES string of the molecule is Cl.N[C@@H](c1cc(F)ccc1C(F)(F)F)[C@H](O)Cc1ccccc1. The van der Waals surface area contributed by atoms with E-state index in [9.17, 15) is 22.7 Å². The van der Waals surface area contributed by atoms with Crippen molar-refractivity contribution in [2.75, 3.05) is 0 Å². The van der Waals surface area contributed by atoms with E-state index in [0.717, 1.165) is 17.7 Å². The fraction of sp³-hybridized carbons (Fsp3) is 0.250. The minimum atomic E-state index is -4.66. The highest BCUT2D eigenvalue weighted by Gasteiger charge is 2.36. The van der Waals surface area contributed by atoms with Crippen molar-refractivity contribution in [3.05, 3.63) is 71.0 Å². The van der Waals surface area contributed by atoms with E-state index < -0.39 is 35.3 Å². The second-order valence-electron chi connectivity index (χ2n) is 5.01. The molecule has 0 saturated carbocycles. The van der Waals surface area contributed by atoms with Crippen molar-refractivity contribution in [3.63, 3.8) is 0 Å². The van der Waals surface area contributed by atoms with Gasteiger partial charge in [0.25, 0.3) is 0 Å². The molecule has 0 amide bonds. The Kier molecular flexibility index (Phi) is 6.56. The van der Waals surface area contributed by atoms with E-state index in [-0.39, 0.29) is 18.8 Å². The second-order valence-corrected chi connectivity index (χ2v) is 5.01. The molecule has 0 unspecified atom stereocenters. The summed E-state index contributed by atoms with van der Waals surface area (Å²) in [4.78, 5) is 0. The van der Waals surface area contributed by atoms with Gasteiger partial charge >= 0.3 is 6.18 Å². The molecule has 0 fully saturated rings. The number of alkyl halides is 3. The van der Waals surface area contributed by atoms with Crippen molar-refractivity contribution < 1.29 is 22.7 Å². The van der Waals surface area contributed by atoms with Crippen LogP contribution in [0, 0.1) is 5.82 Å². The molecule has 0 heterocycles. The minimum absolute atomic E-state index is 0. The van der Waals surface area contributed by atoms with Crippen molar-refractivity contribution >= 4 is 12.4 Å². The van der Waals surface area contributed by atoms with Crippen LogP contribution in [0.1, 0.15) is 22.7 Å². The summed E-state index contributed by atoms with van der Waals surface area (Å²) < 4.78 is 52.2. The van der Waals surface area contributed by atoms with Gasteiger partial charge in [-0.15, -0.1) is 12.4 Å². The van der Waals surface area contributed by atoms with Crippen molar-refractivity contribution in [2.45, 2.75) is 24.7 Å². The molecule has 23 heavy (non-hydrogen) atoms. The van der Waals surface area contributed by atoms with Gasteiger partial charge in [-0.25, -0.2) is 4.39 Å². The predicted molar refractivity (Wildman–Crippen MR) is 81.7 cm³/mol. The standard InChI is InChI=1S/C16H15F4NO.ClH/c17-11-6-7-13(16(18,19)20)12(9-11)15(21)14(22)8-10-4-2-1-3-5-10;/h1-7,9,14-15,22H,8,21H2;1H/t14-,15+;/m1./s1. The number of aliphatic hydroxyl groups is 1. The quantitative estimate of drug-likeness (QED) is 0.823. The number of halogens is 5. The van der Waals surface area contributed by atoms with Crippen LogP contribution in [0.5, 0.6) is 0 Å². The second kappa shape index (κ2) is 7.77. The van der Waals surface area contributed by atoms with Crippen LogP contribution in [0.15, 0.2) is 48.5 Å². The molecule has 0 saturated heterocycles. The number of nitrogens with two attached hydrogens (primary N) is 1. The summed E-state index contributed by atoms with van der Waals surface area (Å²) in [5.74, 6) is -0.828. The molecular formula is C16H16ClF4NO. The Hall–Kier alpha value is -1.63. The first-order valence-corrected chi connectivity index (χ1v) is 6.63. The van der Waals surface area contributed by atoms with Gasteiger partial charge in [0.05, 0.1) is 17.7 Å². The van der Waals surface area contributed by atoms with Gasteiger partial charge in [0.2, 0.25) is 0 Å². The van der Waals surface area contributed by atoms with Gasteiger partial charge in [-0.3, -0.25) is 0 Å². The van der Waals surface area contributed by atoms with E-state index >= 15 is 0 Å². The largest absolute Gasteiger partial charge is 0.416 e. The van der Waals surface area contributed by atoms with Crippen LogP contribution < -0.4 is 5.73 Å². The Morgan fingerprint density at radius 3 is 2.22 bits per heavy atom. The third-order valence-corrected chi connectivity index (χ3v) is 3.38. The lowest BCUT2D eigenvalue weighted by atomic mass is 9.93. The first-order chi connectivity index (χ1) is 10.3. The molecule has 0 bridgehead atoms. The zero-order valence-electron chi connectivity index (χ0n) is 11.9. The molecule has 0 aliphatic carbocycles. The van der Waals surface area contributed by atoms with Gasteiger partial charge in [0.15, 0.2) is 0 Å². The molecule has 0 aliphatic heterocycles. The highest BCUT2D eigenvalue weighted by molar-refractivity contribution is 5.85. The van der Waals surface area contributed by atoms with E-state index in [1.54, 1.807) is 30.3 Å². The summed E-state index contributed by atoms with van der Waals surface area (Å²) in [6, 6.07) is 9.48. The van der Waals surface area contributed by atoms with Gasteiger partial charge in [-0.05, 0) is 29.3 Å². The Morgan fingerprint density at radius 1 is 1.04 bits per heavy atom. The van der Waals surface area contributed by atoms with E-state index in [0.29, 0.717) is 6.07 Å². The number of benzene rings is 2. The van der Waals surface area contributed by atoms with Gasteiger partial charge in [-0.1, -0.05) is 30.3 Å².